The summed E-state index contributed by atoms with van der Waals surface area (Å²) in [5.74, 6) is 0.122. The van der Waals surface area contributed by atoms with Crippen molar-refractivity contribution in [1.29, 1.82) is 0 Å². The number of hydrogen-bond acceptors (Lipinski definition) is 3. The molecule has 3 aliphatic rings. The molecule has 4 atom stereocenters. The molecule has 0 spiro atoms. The maximum absolute atomic E-state index is 12.6. The topological polar surface area (TPSA) is 66.5 Å². The van der Waals surface area contributed by atoms with Crippen LogP contribution in [0.2, 0.25) is 5.02 Å². The van der Waals surface area contributed by atoms with Gasteiger partial charge in [0.1, 0.15) is 0 Å². The third kappa shape index (κ3) is 2.42. The number of para-hydroxylation sites is 1. The van der Waals surface area contributed by atoms with Crippen LogP contribution in [0.4, 0.5) is 5.69 Å². The van der Waals surface area contributed by atoms with Crippen molar-refractivity contribution in [2.75, 3.05) is 11.9 Å². The number of carbonyl (C=O) groups excluding carboxylic acids is 3. The molecular formula is C18H19ClN2O3. The highest BCUT2D eigenvalue weighted by Gasteiger charge is 2.60. The van der Waals surface area contributed by atoms with Crippen LogP contribution in [0.1, 0.15) is 25.7 Å². The fourth-order valence-electron chi connectivity index (χ4n) is 4.68. The fourth-order valence-corrected chi connectivity index (χ4v) is 4.86. The summed E-state index contributed by atoms with van der Waals surface area (Å²) in [6.07, 6.45) is 3.24. The molecule has 1 heterocycles. The highest BCUT2D eigenvalue weighted by Crippen LogP contribution is 2.56. The van der Waals surface area contributed by atoms with Gasteiger partial charge in [0, 0.05) is 13.0 Å². The van der Waals surface area contributed by atoms with Crippen LogP contribution in [0.15, 0.2) is 24.3 Å². The van der Waals surface area contributed by atoms with E-state index in [0.717, 1.165) is 19.3 Å². The molecule has 24 heavy (non-hydrogen) atoms. The number of carbonyl (C=O) groups is 3. The van der Waals surface area contributed by atoms with Crippen LogP contribution < -0.4 is 5.32 Å². The normalized spacial score (nSPS) is 30.8. The lowest BCUT2D eigenvalue weighted by Crippen LogP contribution is -2.35. The van der Waals surface area contributed by atoms with Gasteiger partial charge in [0.05, 0.1) is 22.5 Å². The van der Waals surface area contributed by atoms with Crippen molar-refractivity contribution in [2.45, 2.75) is 25.7 Å². The van der Waals surface area contributed by atoms with Crippen molar-refractivity contribution >= 4 is 35.0 Å². The average molecular weight is 347 g/mol. The number of halogens is 1. The van der Waals surface area contributed by atoms with Gasteiger partial charge in [0.25, 0.3) is 0 Å². The summed E-state index contributed by atoms with van der Waals surface area (Å²) in [6, 6.07) is 6.98. The zero-order chi connectivity index (χ0) is 16.8. The van der Waals surface area contributed by atoms with Gasteiger partial charge in [0.15, 0.2) is 0 Å². The number of nitrogens with one attached hydrogen (secondary N) is 1. The van der Waals surface area contributed by atoms with Gasteiger partial charge in [-0.1, -0.05) is 23.7 Å². The van der Waals surface area contributed by atoms with E-state index in [1.165, 1.54) is 4.90 Å². The van der Waals surface area contributed by atoms with Crippen molar-refractivity contribution in [3.63, 3.8) is 0 Å². The van der Waals surface area contributed by atoms with E-state index in [9.17, 15) is 14.4 Å². The average Bonchev–Trinajstić information content (AvgIpc) is 3.23. The summed E-state index contributed by atoms with van der Waals surface area (Å²) in [7, 11) is 0. The number of likely N-dealkylation sites (tertiary alicyclic amines) is 1. The second-order valence-electron chi connectivity index (χ2n) is 6.99. The van der Waals surface area contributed by atoms with Gasteiger partial charge in [-0.25, -0.2) is 0 Å². The molecule has 1 aliphatic heterocycles. The molecular weight excluding hydrogens is 328 g/mol. The highest BCUT2D eigenvalue weighted by molar-refractivity contribution is 6.33. The quantitative estimate of drug-likeness (QED) is 0.852. The van der Waals surface area contributed by atoms with Gasteiger partial charge in [-0.15, -0.1) is 0 Å². The summed E-state index contributed by atoms with van der Waals surface area (Å²) in [6.45, 7) is 0.153. The number of amides is 3. The van der Waals surface area contributed by atoms with Crippen LogP contribution in [0, 0.1) is 23.7 Å². The first-order valence-electron chi connectivity index (χ1n) is 8.46. The monoisotopic (exact) mass is 346 g/mol. The van der Waals surface area contributed by atoms with Gasteiger partial charge < -0.3 is 5.32 Å². The summed E-state index contributed by atoms with van der Waals surface area (Å²) in [5.41, 5.74) is 0.540. The number of hydrogen-bond donors (Lipinski definition) is 1. The zero-order valence-electron chi connectivity index (χ0n) is 13.2. The third-order valence-electron chi connectivity index (χ3n) is 5.73. The molecule has 0 unspecified atom stereocenters. The Kier molecular flexibility index (Phi) is 3.83. The minimum Gasteiger partial charge on any atom is -0.325 e. The molecule has 5 nitrogen and oxygen atoms in total. The van der Waals surface area contributed by atoms with Crippen LogP contribution in [-0.4, -0.2) is 29.2 Å². The van der Waals surface area contributed by atoms with Crippen molar-refractivity contribution in [3.05, 3.63) is 29.3 Å². The standard InChI is InChI=1S/C18H19ClN2O3/c19-12-3-1-2-4-13(12)20-14(22)7-8-21-17(23)15-10-5-6-11(9-10)16(15)18(21)24/h1-4,10-11,15-16H,5-9H2,(H,20,22)/t10-,11+,15-,16-/m0/s1. The fraction of sp³-hybridized carbons (Fsp3) is 0.500. The van der Waals surface area contributed by atoms with E-state index < -0.39 is 0 Å². The molecule has 1 saturated heterocycles. The van der Waals surface area contributed by atoms with Gasteiger partial charge in [-0.05, 0) is 43.2 Å². The molecule has 6 heteroatoms. The lowest BCUT2D eigenvalue weighted by Gasteiger charge is -2.19. The van der Waals surface area contributed by atoms with E-state index in [1.807, 2.05) is 0 Å². The van der Waals surface area contributed by atoms with Crippen LogP contribution in [0.3, 0.4) is 0 Å². The first kappa shape index (κ1) is 15.6. The van der Waals surface area contributed by atoms with E-state index in [1.54, 1.807) is 24.3 Å². The second kappa shape index (κ2) is 5.88. The molecule has 2 saturated carbocycles. The molecule has 0 radical (unpaired) electrons. The number of anilines is 1. The molecule has 3 fully saturated rings. The molecule has 2 aliphatic carbocycles. The predicted molar refractivity (Wildman–Crippen MR) is 89.2 cm³/mol. The van der Waals surface area contributed by atoms with Crippen LogP contribution in [0.5, 0.6) is 0 Å². The van der Waals surface area contributed by atoms with Gasteiger partial charge in [0.2, 0.25) is 17.7 Å². The minimum atomic E-state index is -0.247. The van der Waals surface area contributed by atoms with E-state index in [4.69, 9.17) is 11.6 Å². The Bertz CT molecular complexity index is 692. The zero-order valence-corrected chi connectivity index (χ0v) is 14.0. The van der Waals surface area contributed by atoms with E-state index >= 15 is 0 Å². The van der Waals surface area contributed by atoms with Gasteiger partial charge in [-0.2, -0.15) is 0 Å². The molecule has 1 aromatic carbocycles. The molecule has 1 N–H and O–H groups in total. The molecule has 4 rings (SSSR count). The lowest BCUT2D eigenvalue weighted by molar-refractivity contribution is -0.140. The van der Waals surface area contributed by atoms with Gasteiger partial charge in [-0.3, -0.25) is 19.3 Å². The van der Waals surface area contributed by atoms with Crippen molar-refractivity contribution in [3.8, 4) is 0 Å². The number of rotatable bonds is 4. The summed E-state index contributed by atoms with van der Waals surface area (Å²) in [4.78, 5) is 38.5. The Morgan fingerprint density at radius 3 is 2.38 bits per heavy atom. The molecule has 1 aromatic rings. The smallest absolute Gasteiger partial charge is 0.233 e. The van der Waals surface area contributed by atoms with Crippen molar-refractivity contribution in [1.82, 2.24) is 4.90 Å². The first-order valence-corrected chi connectivity index (χ1v) is 8.83. The Hall–Kier alpha value is -1.88. The van der Waals surface area contributed by atoms with E-state index in [0.29, 0.717) is 22.5 Å². The second-order valence-corrected chi connectivity index (χ2v) is 7.40. The third-order valence-corrected chi connectivity index (χ3v) is 6.06. The maximum atomic E-state index is 12.6. The van der Waals surface area contributed by atoms with Crippen LogP contribution >= 0.6 is 11.6 Å². The summed E-state index contributed by atoms with van der Waals surface area (Å²) < 4.78 is 0. The van der Waals surface area contributed by atoms with Crippen LogP contribution in [-0.2, 0) is 14.4 Å². The van der Waals surface area contributed by atoms with Crippen molar-refractivity contribution < 1.29 is 14.4 Å². The highest BCUT2D eigenvalue weighted by atomic mass is 35.5. The number of imide groups is 1. The largest absolute Gasteiger partial charge is 0.325 e. The Morgan fingerprint density at radius 2 is 1.75 bits per heavy atom. The Morgan fingerprint density at radius 1 is 1.12 bits per heavy atom. The maximum Gasteiger partial charge on any atom is 0.233 e. The van der Waals surface area contributed by atoms with E-state index in [2.05, 4.69) is 5.32 Å². The van der Waals surface area contributed by atoms with E-state index in [-0.39, 0.29) is 42.5 Å². The Balaban J connectivity index is 1.38. The lowest BCUT2D eigenvalue weighted by atomic mass is 9.81. The summed E-state index contributed by atoms with van der Waals surface area (Å²) in [5, 5.41) is 3.19. The van der Waals surface area contributed by atoms with Gasteiger partial charge >= 0.3 is 0 Å². The molecule has 126 valence electrons. The number of benzene rings is 1. The molecule has 0 aromatic heterocycles. The minimum absolute atomic E-state index is 0.0669. The number of fused-ring (bicyclic) bond motifs is 5. The predicted octanol–water partition coefficient (Wildman–Crippen LogP) is 2.70. The number of nitrogens with zero attached hydrogens (tertiary/aromatic N) is 1. The SMILES string of the molecule is O=C(CCN1C(=O)[C@H]2[C@@H]3CC[C@@H](C3)[C@@H]2C1=O)Nc1ccccc1Cl. The van der Waals surface area contributed by atoms with Crippen molar-refractivity contribution in [2.24, 2.45) is 23.7 Å². The molecule has 2 bridgehead atoms. The Labute approximate surface area is 145 Å². The van der Waals surface area contributed by atoms with Crippen LogP contribution in [0.25, 0.3) is 0 Å². The molecule has 3 amide bonds. The summed E-state index contributed by atoms with van der Waals surface area (Å²) >= 11 is 6.01. The first-order chi connectivity index (χ1) is 11.6.